The van der Waals surface area contributed by atoms with E-state index in [9.17, 15) is 9.90 Å². The highest BCUT2D eigenvalue weighted by atomic mass is 35.5. The van der Waals surface area contributed by atoms with Crippen LogP contribution >= 0.6 is 11.6 Å². The van der Waals surface area contributed by atoms with Gasteiger partial charge in [-0.15, -0.1) is 0 Å². The predicted octanol–water partition coefficient (Wildman–Crippen LogP) is 2.53. The molecule has 7 heteroatoms. The molecule has 1 atom stereocenters. The minimum atomic E-state index is -1.62. The van der Waals surface area contributed by atoms with Gasteiger partial charge in [0, 0.05) is 49.6 Å². The van der Waals surface area contributed by atoms with Gasteiger partial charge in [0.2, 0.25) is 5.60 Å². The van der Waals surface area contributed by atoms with Gasteiger partial charge in [-0.2, -0.15) is 5.10 Å². The van der Waals surface area contributed by atoms with Crippen LogP contribution in [0.15, 0.2) is 54.9 Å². The Labute approximate surface area is 167 Å². The van der Waals surface area contributed by atoms with Crippen molar-refractivity contribution >= 4 is 17.5 Å². The van der Waals surface area contributed by atoms with Gasteiger partial charge in [0.25, 0.3) is 5.91 Å². The number of amides is 1. The van der Waals surface area contributed by atoms with Crippen molar-refractivity contribution in [1.29, 1.82) is 0 Å². The summed E-state index contributed by atoms with van der Waals surface area (Å²) in [5.41, 5.74) is 1.36. The number of aliphatic hydroxyl groups is 1. The Bertz CT molecular complexity index is 1100. The first-order valence-corrected chi connectivity index (χ1v) is 9.12. The van der Waals surface area contributed by atoms with E-state index in [1.54, 1.807) is 24.0 Å². The van der Waals surface area contributed by atoms with Crippen LogP contribution in [-0.4, -0.2) is 49.9 Å². The number of pyridine rings is 1. The first kappa shape index (κ1) is 18.2. The summed E-state index contributed by atoms with van der Waals surface area (Å²) in [5, 5.41) is 15.0. The number of halogens is 1. The largest absolute Gasteiger partial charge is 0.369 e. The van der Waals surface area contributed by atoms with Gasteiger partial charge in [-0.25, -0.2) is 9.67 Å². The molecular weight excluding hydrogens is 376 g/mol. The van der Waals surface area contributed by atoms with Gasteiger partial charge in [-0.1, -0.05) is 35.6 Å². The summed E-state index contributed by atoms with van der Waals surface area (Å²) < 4.78 is 1.71. The van der Waals surface area contributed by atoms with Crippen molar-refractivity contribution in [3.63, 3.8) is 0 Å². The molecule has 1 N–H and O–H groups in total. The van der Waals surface area contributed by atoms with E-state index in [0.717, 1.165) is 11.3 Å². The summed E-state index contributed by atoms with van der Waals surface area (Å²) in [5.74, 6) is 5.29. The SMILES string of the molecule is CN1CC[C@@](O)(C#Cc2cccc(-c3cc(-n4cccn4)cc(Cl)n3)c2)C1=O. The third kappa shape index (κ3) is 3.50. The van der Waals surface area contributed by atoms with Gasteiger partial charge in [0.15, 0.2) is 0 Å². The molecule has 1 fully saturated rings. The van der Waals surface area contributed by atoms with Crippen molar-refractivity contribution in [2.24, 2.45) is 0 Å². The number of likely N-dealkylation sites (N-methyl/N-ethyl adjacent to an activating group) is 1. The van der Waals surface area contributed by atoms with Crippen LogP contribution in [0.3, 0.4) is 0 Å². The number of rotatable bonds is 2. The molecule has 28 heavy (non-hydrogen) atoms. The summed E-state index contributed by atoms with van der Waals surface area (Å²) >= 11 is 6.20. The van der Waals surface area contributed by atoms with Gasteiger partial charge >= 0.3 is 0 Å². The second kappa shape index (κ2) is 7.12. The normalized spacial score (nSPS) is 18.8. The lowest BCUT2D eigenvalue weighted by molar-refractivity contribution is -0.137. The van der Waals surface area contributed by atoms with E-state index in [0.29, 0.717) is 29.4 Å². The topological polar surface area (TPSA) is 71.2 Å². The van der Waals surface area contributed by atoms with Gasteiger partial charge in [-0.05, 0) is 24.3 Å². The predicted molar refractivity (Wildman–Crippen MR) is 106 cm³/mol. The fourth-order valence-electron chi connectivity index (χ4n) is 3.09. The number of benzene rings is 1. The van der Waals surface area contributed by atoms with Crippen molar-refractivity contribution in [3.8, 4) is 28.8 Å². The lowest BCUT2D eigenvalue weighted by atomic mass is 10.0. The Morgan fingerprint density at radius 3 is 2.82 bits per heavy atom. The first-order chi connectivity index (χ1) is 13.4. The molecule has 1 aliphatic heterocycles. The molecule has 1 aromatic carbocycles. The fourth-order valence-corrected chi connectivity index (χ4v) is 3.29. The summed E-state index contributed by atoms with van der Waals surface area (Å²) in [6.07, 6.45) is 3.82. The number of hydrogen-bond acceptors (Lipinski definition) is 4. The Morgan fingerprint density at radius 2 is 2.11 bits per heavy atom. The molecule has 3 aromatic rings. The van der Waals surface area contributed by atoms with Crippen LogP contribution in [-0.2, 0) is 4.79 Å². The molecule has 0 radical (unpaired) electrons. The van der Waals surface area contributed by atoms with E-state index < -0.39 is 5.60 Å². The zero-order valence-electron chi connectivity index (χ0n) is 15.1. The van der Waals surface area contributed by atoms with E-state index >= 15 is 0 Å². The van der Waals surface area contributed by atoms with Crippen molar-refractivity contribution in [2.75, 3.05) is 13.6 Å². The van der Waals surface area contributed by atoms with E-state index in [4.69, 9.17) is 11.6 Å². The van der Waals surface area contributed by atoms with Crippen molar-refractivity contribution in [2.45, 2.75) is 12.0 Å². The summed E-state index contributed by atoms with van der Waals surface area (Å²) in [7, 11) is 1.66. The molecule has 0 unspecified atom stereocenters. The quantitative estimate of drug-likeness (QED) is 0.537. The lowest BCUT2D eigenvalue weighted by Crippen LogP contribution is -2.37. The van der Waals surface area contributed by atoms with Crippen LogP contribution in [0.5, 0.6) is 0 Å². The van der Waals surface area contributed by atoms with Crippen LogP contribution in [0.1, 0.15) is 12.0 Å². The number of carbonyl (C=O) groups excluding carboxylic acids is 1. The molecule has 0 spiro atoms. The highest BCUT2D eigenvalue weighted by molar-refractivity contribution is 6.29. The summed E-state index contributed by atoms with van der Waals surface area (Å²) in [6, 6.07) is 12.9. The maximum Gasteiger partial charge on any atom is 0.267 e. The van der Waals surface area contributed by atoms with Crippen LogP contribution < -0.4 is 0 Å². The minimum absolute atomic E-state index is 0.304. The van der Waals surface area contributed by atoms with Crippen LogP contribution in [0.2, 0.25) is 5.15 Å². The van der Waals surface area contributed by atoms with Gasteiger partial charge < -0.3 is 10.0 Å². The van der Waals surface area contributed by atoms with E-state index in [2.05, 4.69) is 21.9 Å². The number of nitrogens with zero attached hydrogens (tertiary/aromatic N) is 4. The Hall–Kier alpha value is -3.14. The molecule has 0 bridgehead atoms. The zero-order chi connectivity index (χ0) is 19.7. The standard InChI is InChI=1S/C21H17ClN4O2/c1-25-11-8-21(28,20(25)27)7-6-15-4-2-5-16(12-15)18-13-17(14-19(22)24-18)26-10-3-9-23-26/h2-5,9-10,12-14,28H,8,11H2,1H3/t21-/m0/s1. The molecule has 1 amide bonds. The van der Waals surface area contributed by atoms with E-state index in [1.165, 1.54) is 4.90 Å². The third-order valence-electron chi connectivity index (χ3n) is 4.63. The van der Waals surface area contributed by atoms with Gasteiger partial charge in [-0.3, -0.25) is 4.79 Å². The first-order valence-electron chi connectivity index (χ1n) is 8.74. The number of hydrogen-bond donors (Lipinski definition) is 1. The summed E-state index contributed by atoms with van der Waals surface area (Å²) in [4.78, 5) is 17.9. The van der Waals surface area contributed by atoms with Crippen LogP contribution in [0.4, 0.5) is 0 Å². The zero-order valence-corrected chi connectivity index (χ0v) is 15.9. The van der Waals surface area contributed by atoms with E-state index in [1.807, 2.05) is 42.6 Å². The molecule has 1 saturated heterocycles. The Kier molecular flexibility index (Phi) is 4.63. The fraction of sp³-hybridized carbons (Fsp3) is 0.190. The van der Waals surface area contributed by atoms with Crippen LogP contribution in [0, 0.1) is 11.8 Å². The second-order valence-electron chi connectivity index (χ2n) is 6.65. The summed E-state index contributed by atoms with van der Waals surface area (Å²) in [6.45, 7) is 0.493. The highest BCUT2D eigenvalue weighted by Gasteiger charge is 2.42. The number of aromatic nitrogens is 3. The maximum atomic E-state index is 12.1. The molecule has 4 rings (SSSR count). The Morgan fingerprint density at radius 1 is 1.25 bits per heavy atom. The third-order valence-corrected chi connectivity index (χ3v) is 4.82. The number of carbonyl (C=O) groups is 1. The monoisotopic (exact) mass is 392 g/mol. The molecule has 0 aliphatic carbocycles. The van der Waals surface area contributed by atoms with Gasteiger partial charge in [0.1, 0.15) is 5.15 Å². The van der Waals surface area contributed by atoms with Crippen molar-refractivity contribution in [3.05, 3.63) is 65.6 Å². The molecule has 1 aliphatic rings. The number of likely N-dealkylation sites (tertiary alicyclic amines) is 1. The van der Waals surface area contributed by atoms with Crippen molar-refractivity contribution < 1.29 is 9.90 Å². The smallest absolute Gasteiger partial charge is 0.267 e. The molecular formula is C21H17ClN4O2. The van der Waals surface area contributed by atoms with Gasteiger partial charge in [0.05, 0.1) is 11.4 Å². The van der Waals surface area contributed by atoms with Crippen molar-refractivity contribution in [1.82, 2.24) is 19.7 Å². The molecule has 3 heterocycles. The second-order valence-corrected chi connectivity index (χ2v) is 7.04. The maximum absolute atomic E-state index is 12.1. The van der Waals surface area contributed by atoms with E-state index in [-0.39, 0.29) is 5.91 Å². The minimum Gasteiger partial charge on any atom is -0.369 e. The molecule has 140 valence electrons. The molecule has 0 saturated carbocycles. The molecule has 2 aromatic heterocycles. The lowest BCUT2D eigenvalue weighted by Gasteiger charge is -2.13. The highest BCUT2D eigenvalue weighted by Crippen LogP contribution is 2.24. The average molecular weight is 393 g/mol. The average Bonchev–Trinajstić information content (AvgIpc) is 3.32. The Balaban J connectivity index is 1.67. The van der Waals surface area contributed by atoms with Crippen LogP contribution in [0.25, 0.3) is 16.9 Å². The molecule has 6 nitrogen and oxygen atoms in total.